The number of rotatable bonds is 17. The lowest BCUT2D eigenvalue weighted by atomic mass is 10.1. The molecule has 0 aromatic rings. The van der Waals surface area contributed by atoms with Gasteiger partial charge in [0.05, 0.1) is 6.10 Å². The quantitative estimate of drug-likeness (QED) is 0.270. The van der Waals surface area contributed by atoms with Crippen molar-refractivity contribution in [2.24, 2.45) is 0 Å². The molecule has 5 heteroatoms. The van der Waals surface area contributed by atoms with E-state index in [0.29, 0.717) is 6.42 Å². The predicted molar refractivity (Wildman–Crippen MR) is 101 cm³/mol. The molecule has 0 spiro atoms. The lowest BCUT2D eigenvalue weighted by molar-refractivity contribution is -0.137. The van der Waals surface area contributed by atoms with E-state index in [-0.39, 0.29) is 18.6 Å². The molecule has 1 unspecified atom stereocenters. The van der Waals surface area contributed by atoms with Crippen LogP contribution in [0.25, 0.3) is 0 Å². The molecule has 0 radical (unpaired) electrons. The fourth-order valence-electron chi connectivity index (χ4n) is 2.64. The number of carbonyl (C=O) groups excluding carboxylic acids is 1. The number of nitrogens with one attached hydrogen (secondary N) is 1. The number of hydrogen-bond donors (Lipinski definition) is 3. The predicted octanol–water partition coefficient (Wildman–Crippen LogP) is 4.20. The zero-order chi connectivity index (χ0) is 18.8. The lowest BCUT2D eigenvalue weighted by Gasteiger charge is -2.07. The van der Waals surface area contributed by atoms with E-state index in [9.17, 15) is 14.7 Å². The zero-order valence-corrected chi connectivity index (χ0v) is 15.8. The summed E-state index contributed by atoms with van der Waals surface area (Å²) in [6, 6.07) is 0. The molecule has 3 N–H and O–H groups in total. The summed E-state index contributed by atoms with van der Waals surface area (Å²) in [5.74, 6) is -1.19. The molecule has 0 rings (SSSR count). The Morgan fingerprint density at radius 2 is 1.64 bits per heavy atom. The molecule has 1 amide bonds. The van der Waals surface area contributed by atoms with Crippen molar-refractivity contribution in [1.29, 1.82) is 0 Å². The maximum atomic E-state index is 11.3. The van der Waals surface area contributed by atoms with E-state index in [1.165, 1.54) is 19.3 Å². The van der Waals surface area contributed by atoms with Crippen LogP contribution < -0.4 is 5.32 Å². The van der Waals surface area contributed by atoms with Gasteiger partial charge in [0.1, 0.15) is 6.54 Å². The fourth-order valence-corrected chi connectivity index (χ4v) is 2.64. The van der Waals surface area contributed by atoms with Gasteiger partial charge in [-0.15, -0.1) is 0 Å². The highest BCUT2D eigenvalue weighted by molar-refractivity contribution is 5.80. The summed E-state index contributed by atoms with van der Waals surface area (Å²) in [7, 11) is 0. The first-order valence-electron chi connectivity index (χ1n) is 9.87. The average molecular weight is 356 g/mol. The lowest BCUT2D eigenvalue weighted by Crippen LogP contribution is -2.28. The van der Waals surface area contributed by atoms with Crippen molar-refractivity contribution in [3.8, 4) is 0 Å². The summed E-state index contributed by atoms with van der Waals surface area (Å²) in [5.41, 5.74) is 0. The first-order valence-corrected chi connectivity index (χ1v) is 9.87. The first kappa shape index (κ1) is 23.6. The maximum Gasteiger partial charge on any atom is 0.322 e. The third-order valence-electron chi connectivity index (χ3n) is 4.18. The van der Waals surface area contributed by atoms with Gasteiger partial charge in [0.2, 0.25) is 5.91 Å². The minimum absolute atomic E-state index is 0.182. The van der Waals surface area contributed by atoms with Crippen LogP contribution in [-0.4, -0.2) is 34.7 Å². The summed E-state index contributed by atoms with van der Waals surface area (Å²) < 4.78 is 0. The normalized spacial score (nSPS) is 12.4. The molecule has 0 saturated carbocycles. The fraction of sp³-hybridized carbons (Fsp3) is 0.800. The van der Waals surface area contributed by atoms with Crippen molar-refractivity contribution in [2.75, 3.05) is 6.54 Å². The van der Waals surface area contributed by atoms with Crippen LogP contribution in [0.5, 0.6) is 0 Å². The van der Waals surface area contributed by atoms with Crippen molar-refractivity contribution in [3.05, 3.63) is 12.2 Å². The molecule has 25 heavy (non-hydrogen) atoms. The molecule has 0 aromatic heterocycles. The number of amides is 1. The number of carbonyl (C=O) groups is 2. The van der Waals surface area contributed by atoms with E-state index in [4.69, 9.17) is 5.11 Å². The third-order valence-corrected chi connectivity index (χ3v) is 4.18. The second-order valence-electron chi connectivity index (χ2n) is 6.69. The highest BCUT2D eigenvalue weighted by Crippen LogP contribution is 2.10. The summed E-state index contributed by atoms with van der Waals surface area (Å²) >= 11 is 0. The number of unbranched alkanes of at least 4 members (excludes halogenated alkanes) is 8. The molecule has 0 aliphatic rings. The Morgan fingerprint density at radius 1 is 0.960 bits per heavy atom. The minimum atomic E-state index is -1.01. The van der Waals surface area contributed by atoms with Crippen LogP contribution in [-0.2, 0) is 9.59 Å². The van der Waals surface area contributed by atoms with Crippen LogP contribution in [0.1, 0.15) is 90.4 Å². The molecule has 0 bridgehead atoms. The second kappa shape index (κ2) is 17.5. The van der Waals surface area contributed by atoms with Crippen molar-refractivity contribution >= 4 is 11.9 Å². The Kier molecular flexibility index (Phi) is 16.5. The molecular weight excluding hydrogens is 318 g/mol. The number of hydrogen-bond acceptors (Lipinski definition) is 3. The summed E-state index contributed by atoms with van der Waals surface area (Å²) in [5, 5.41) is 20.7. The van der Waals surface area contributed by atoms with Crippen molar-refractivity contribution in [2.45, 2.75) is 96.5 Å². The van der Waals surface area contributed by atoms with Crippen LogP contribution in [0.4, 0.5) is 0 Å². The highest BCUT2D eigenvalue weighted by Gasteiger charge is 2.03. The van der Waals surface area contributed by atoms with Crippen LogP contribution >= 0.6 is 0 Å². The maximum absolute atomic E-state index is 11.3. The van der Waals surface area contributed by atoms with Crippen LogP contribution in [0.15, 0.2) is 12.2 Å². The standard InChI is InChI=1S/C20H37NO4/c1-2-3-4-11-14-18(22)15-12-9-7-5-6-8-10-13-16-19(23)21-17-20(24)25/h9,12,18,22H,2-8,10-11,13-17H2,1H3,(H,21,23)(H,24,25)/b12-9-. The van der Waals surface area contributed by atoms with E-state index in [1.54, 1.807) is 0 Å². The van der Waals surface area contributed by atoms with Gasteiger partial charge in [-0.05, 0) is 32.1 Å². The Bertz CT molecular complexity index is 369. The van der Waals surface area contributed by atoms with Gasteiger partial charge in [0, 0.05) is 6.42 Å². The average Bonchev–Trinajstić information content (AvgIpc) is 2.58. The Morgan fingerprint density at radius 3 is 2.36 bits per heavy atom. The van der Waals surface area contributed by atoms with E-state index in [2.05, 4.69) is 24.4 Å². The number of carboxylic acid groups (broad SMARTS) is 1. The number of allylic oxidation sites excluding steroid dienone is 1. The van der Waals surface area contributed by atoms with Gasteiger partial charge in [-0.1, -0.05) is 64.0 Å². The monoisotopic (exact) mass is 355 g/mol. The third kappa shape index (κ3) is 18.8. The molecule has 0 heterocycles. The van der Waals surface area contributed by atoms with Gasteiger partial charge in [0.15, 0.2) is 0 Å². The largest absolute Gasteiger partial charge is 0.480 e. The SMILES string of the molecule is CCCCCCC(O)C/C=C\CCCCCCCC(=O)NCC(=O)O. The minimum Gasteiger partial charge on any atom is -0.480 e. The van der Waals surface area contributed by atoms with Gasteiger partial charge in [-0.3, -0.25) is 9.59 Å². The molecule has 0 aromatic carbocycles. The highest BCUT2D eigenvalue weighted by atomic mass is 16.4. The summed E-state index contributed by atoms with van der Waals surface area (Å²) in [6.45, 7) is 1.90. The molecule has 0 fully saturated rings. The number of aliphatic carboxylic acids is 1. The van der Waals surface area contributed by atoms with Gasteiger partial charge >= 0.3 is 5.97 Å². The van der Waals surface area contributed by atoms with Crippen molar-refractivity contribution < 1.29 is 19.8 Å². The molecular formula is C20H37NO4. The van der Waals surface area contributed by atoms with Gasteiger partial charge in [-0.2, -0.15) is 0 Å². The van der Waals surface area contributed by atoms with Crippen molar-refractivity contribution in [1.82, 2.24) is 5.32 Å². The second-order valence-corrected chi connectivity index (χ2v) is 6.69. The molecule has 0 saturated heterocycles. The van der Waals surface area contributed by atoms with E-state index < -0.39 is 5.97 Å². The van der Waals surface area contributed by atoms with Crippen LogP contribution in [0, 0.1) is 0 Å². The smallest absolute Gasteiger partial charge is 0.322 e. The number of aliphatic hydroxyl groups is 1. The number of carboxylic acids is 1. The van der Waals surface area contributed by atoms with Gasteiger partial charge in [0.25, 0.3) is 0 Å². The number of aliphatic hydroxyl groups excluding tert-OH is 1. The van der Waals surface area contributed by atoms with Crippen LogP contribution in [0.2, 0.25) is 0 Å². The molecule has 0 aliphatic heterocycles. The Labute approximate surface area is 152 Å². The topological polar surface area (TPSA) is 86.6 Å². The zero-order valence-electron chi connectivity index (χ0n) is 15.8. The molecule has 146 valence electrons. The Balaban J connectivity index is 3.34. The van der Waals surface area contributed by atoms with Gasteiger partial charge in [-0.25, -0.2) is 0 Å². The van der Waals surface area contributed by atoms with Gasteiger partial charge < -0.3 is 15.5 Å². The van der Waals surface area contributed by atoms with Crippen LogP contribution in [0.3, 0.4) is 0 Å². The van der Waals surface area contributed by atoms with E-state index in [1.807, 2.05) is 0 Å². The Hall–Kier alpha value is -1.36. The van der Waals surface area contributed by atoms with E-state index in [0.717, 1.165) is 57.8 Å². The molecule has 0 aliphatic carbocycles. The van der Waals surface area contributed by atoms with Crippen molar-refractivity contribution in [3.63, 3.8) is 0 Å². The summed E-state index contributed by atoms with van der Waals surface area (Å²) in [4.78, 5) is 21.6. The first-order chi connectivity index (χ1) is 12.1. The molecule has 1 atom stereocenters. The van der Waals surface area contributed by atoms with E-state index >= 15 is 0 Å². The summed E-state index contributed by atoms with van der Waals surface area (Å²) in [6.07, 6.45) is 17.2. The molecule has 5 nitrogen and oxygen atoms in total.